The molecule has 1 aliphatic rings. The van der Waals surface area contributed by atoms with Gasteiger partial charge in [-0.3, -0.25) is 0 Å². The SMILES string of the molecule is COc1cc(=C2N=c3ccccc3=C2CO)[nH]/c1=C\c1[nH]c(C)cc1C. The first-order valence-corrected chi connectivity index (χ1v) is 8.54. The second-order valence-corrected chi connectivity index (χ2v) is 6.47. The van der Waals surface area contributed by atoms with Crippen molar-refractivity contribution in [3.8, 4) is 5.75 Å². The van der Waals surface area contributed by atoms with Crippen LogP contribution in [0.2, 0.25) is 0 Å². The van der Waals surface area contributed by atoms with Gasteiger partial charge in [0.2, 0.25) is 0 Å². The predicted octanol–water partition coefficient (Wildman–Crippen LogP) is 0.382. The summed E-state index contributed by atoms with van der Waals surface area (Å²) in [5, 5.41) is 13.4. The van der Waals surface area contributed by atoms with Gasteiger partial charge in [-0.15, -0.1) is 0 Å². The average molecular weight is 347 g/mol. The van der Waals surface area contributed by atoms with Gasteiger partial charge in [-0.25, -0.2) is 4.99 Å². The van der Waals surface area contributed by atoms with Crippen molar-refractivity contribution in [2.45, 2.75) is 13.8 Å². The van der Waals surface area contributed by atoms with Crippen LogP contribution in [0.1, 0.15) is 17.0 Å². The second kappa shape index (κ2) is 6.35. The highest BCUT2D eigenvalue weighted by molar-refractivity contribution is 5.89. The van der Waals surface area contributed by atoms with Crippen LogP contribution in [0.15, 0.2) is 41.4 Å². The summed E-state index contributed by atoms with van der Waals surface area (Å²) in [6, 6.07) is 11.9. The fourth-order valence-corrected chi connectivity index (χ4v) is 3.42. The molecule has 0 saturated carbocycles. The predicted molar refractivity (Wildman–Crippen MR) is 102 cm³/mol. The first-order valence-electron chi connectivity index (χ1n) is 8.54. The molecule has 4 rings (SSSR count). The van der Waals surface area contributed by atoms with Gasteiger partial charge in [0.1, 0.15) is 5.75 Å². The molecule has 3 aromatic rings. The van der Waals surface area contributed by atoms with E-state index in [4.69, 9.17) is 9.73 Å². The third-order valence-corrected chi connectivity index (χ3v) is 4.67. The standard InChI is InChI=1S/C21H21N3O2/c1-12-8-13(2)22-17(12)9-18-20(26-3)10-19(23-18)21-15(11-25)14-6-4-5-7-16(14)24-21/h4-10,22-23,25H,11H2,1-3H3/b18-9-,21-19?. The van der Waals surface area contributed by atoms with E-state index in [1.165, 1.54) is 5.56 Å². The molecule has 0 bridgehead atoms. The van der Waals surface area contributed by atoms with Crippen LogP contribution < -0.4 is 26.0 Å². The number of hydrogen-bond acceptors (Lipinski definition) is 3. The van der Waals surface area contributed by atoms with Crippen LogP contribution in [-0.4, -0.2) is 28.8 Å². The molecule has 3 heterocycles. The molecule has 0 aliphatic carbocycles. The minimum absolute atomic E-state index is 0.0643. The zero-order valence-corrected chi connectivity index (χ0v) is 15.1. The first-order chi connectivity index (χ1) is 12.6. The van der Waals surface area contributed by atoms with Gasteiger partial charge in [-0.1, -0.05) is 18.2 Å². The van der Waals surface area contributed by atoms with Crippen molar-refractivity contribution in [2.24, 2.45) is 4.99 Å². The van der Waals surface area contributed by atoms with E-state index in [0.717, 1.165) is 49.7 Å². The summed E-state index contributed by atoms with van der Waals surface area (Å²) in [5.41, 5.74) is 4.91. The van der Waals surface area contributed by atoms with Crippen LogP contribution in [0, 0.1) is 13.8 Å². The lowest BCUT2D eigenvalue weighted by Crippen LogP contribution is -2.23. The largest absolute Gasteiger partial charge is 0.494 e. The lowest BCUT2D eigenvalue weighted by atomic mass is 10.1. The average Bonchev–Trinajstić information content (AvgIpc) is 3.29. The molecule has 5 nitrogen and oxygen atoms in total. The van der Waals surface area contributed by atoms with Gasteiger partial charge in [0.15, 0.2) is 0 Å². The Morgan fingerprint density at radius 3 is 2.65 bits per heavy atom. The van der Waals surface area contributed by atoms with Crippen molar-refractivity contribution in [3.05, 3.63) is 74.6 Å². The third kappa shape index (κ3) is 2.66. The highest BCUT2D eigenvalue weighted by atomic mass is 16.5. The minimum atomic E-state index is -0.0643. The van der Waals surface area contributed by atoms with E-state index in [-0.39, 0.29) is 6.61 Å². The Balaban J connectivity index is 1.98. The van der Waals surface area contributed by atoms with Crippen LogP contribution >= 0.6 is 0 Å². The third-order valence-electron chi connectivity index (χ3n) is 4.67. The Labute approximate surface area is 150 Å². The number of nitrogens with one attached hydrogen (secondary N) is 2. The molecule has 5 heteroatoms. The monoisotopic (exact) mass is 347 g/mol. The van der Waals surface area contributed by atoms with Gasteiger partial charge in [0.25, 0.3) is 0 Å². The highest BCUT2D eigenvalue weighted by Crippen LogP contribution is 2.14. The number of fused-ring (bicyclic) bond motifs is 1. The fraction of sp³-hybridized carbons (Fsp3) is 0.190. The van der Waals surface area contributed by atoms with Crippen LogP contribution in [0.25, 0.3) is 17.3 Å². The normalized spacial score (nSPS) is 16.0. The molecule has 0 fully saturated rings. The summed E-state index contributed by atoms with van der Waals surface area (Å²) < 4.78 is 5.55. The molecule has 3 N–H and O–H groups in total. The number of aromatic nitrogens is 2. The number of nitrogens with zero attached hydrogens (tertiary/aromatic N) is 1. The summed E-state index contributed by atoms with van der Waals surface area (Å²) in [5.74, 6) is 0.739. The molecule has 1 aromatic carbocycles. The molecule has 0 radical (unpaired) electrons. The van der Waals surface area contributed by atoms with Crippen molar-refractivity contribution in [3.63, 3.8) is 0 Å². The first kappa shape index (κ1) is 16.4. The van der Waals surface area contributed by atoms with Gasteiger partial charge in [-0.2, -0.15) is 0 Å². The number of methoxy groups -OCH3 is 1. The maximum atomic E-state index is 9.88. The molecule has 26 heavy (non-hydrogen) atoms. The van der Waals surface area contributed by atoms with E-state index >= 15 is 0 Å². The molecule has 0 spiro atoms. The Morgan fingerprint density at radius 1 is 1.15 bits per heavy atom. The number of ether oxygens (including phenoxy) is 1. The van der Waals surface area contributed by atoms with E-state index in [9.17, 15) is 5.11 Å². The van der Waals surface area contributed by atoms with Crippen molar-refractivity contribution < 1.29 is 9.84 Å². The van der Waals surface area contributed by atoms with Crippen molar-refractivity contribution in [2.75, 3.05) is 13.7 Å². The number of aromatic amines is 2. The fourth-order valence-electron chi connectivity index (χ4n) is 3.42. The van der Waals surface area contributed by atoms with Gasteiger partial charge < -0.3 is 19.8 Å². The number of aliphatic hydroxyl groups excluding tert-OH is 1. The lowest BCUT2D eigenvalue weighted by Gasteiger charge is -1.97. The van der Waals surface area contributed by atoms with Gasteiger partial charge in [0, 0.05) is 28.2 Å². The van der Waals surface area contributed by atoms with E-state index in [1.807, 2.05) is 43.3 Å². The van der Waals surface area contributed by atoms with E-state index in [0.29, 0.717) is 0 Å². The van der Waals surface area contributed by atoms with Crippen LogP contribution in [0.3, 0.4) is 0 Å². The van der Waals surface area contributed by atoms with E-state index < -0.39 is 0 Å². The quantitative estimate of drug-likeness (QED) is 0.641. The van der Waals surface area contributed by atoms with Crippen molar-refractivity contribution in [1.82, 2.24) is 9.97 Å². The van der Waals surface area contributed by atoms with Gasteiger partial charge in [0.05, 0.1) is 35.5 Å². The molecule has 0 atom stereocenters. The number of hydrogen-bond donors (Lipinski definition) is 3. The van der Waals surface area contributed by atoms with Crippen molar-refractivity contribution in [1.29, 1.82) is 0 Å². The van der Waals surface area contributed by atoms with Gasteiger partial charge in [-0.05, 0) is 37.6 Å². The van der Waals surface area contributed by atoms with Crippen LogP contribution in [0.4, 0.5) is 0 Å². The molecular weight excluding hydrogens is 326 g/mol. The molecule has 0 saturated heterocycles. The second-order valence-electron chi connectivity index (χ2n) is 6.47. The Morgan fingerprint density at radius 2 is 1.96 bits per heavy atom. The maximum absolute atomic E-state index is 9.88. The summed E-state index contributed by atoms with van der Waals surface area (Å²) >= 11 is 0. The number of aliphatic hydroxyl groups is 1. The van der Waals surface area contributed by atoms with E-state index in [2.05, 4.69) is 23.0 Å². The minimum Gasteiger partial charge on any atom is -0.494 e. The number of H-pyrrole nitrogens is 2. The zero-order valence-electron chi connectivity index (χ0n) is 15.1. The topological polar surface area (TPSA) is 73.4 Å². The molecule has 2 aromatic heterocycles. The van der Waals surface area contributed by atoms with Gasteiger partial charge >= 0.3 is 0 Å². The number of aryl methyl sites for hydroxylation is 2. The highest BCUT2D eigenvalue weighted by Gasteiger charge is 2.14. The van der Waals surface area contributed by atoms with E-state index in [1.54, 1.807) is 7.11 Å². The van der Waals surface area contributed by atoms with Crippen molar-refractivity contribution >= 4 is 17.3 Å². The summed E-state index contributed by atoms with van der Waals surface area (Å²) in [6.07, 6.45) is 2.03. The molecule has 132 valence electrons. The maximum Gasteiger partial charge on any atom is 0.144 e. The summed E-state index contributed by atoms with van der Waals surface area (Å²) in [7, 11) is 1.65. The smallest absolute Gasteiger partial charge is 0.144 e. The molecule has 1 aliphatic heterocycles. The molecule has 0 amide bonds. The summed E-state index contributed by atoms with van der Waals surface area (Å²) in [6.45, 7) is 4.04. The Bertz CT molecular complexity index is 1230. The molecular formula is C21H21N3O2. The Hall–Kier alpha value is -3.05. The zero-order chi connectivity index (χ0) is 18.3. The number of rotatable bonds is 3. The number of benzene rings is 1. The van der Waals surface area contributed by atoms with Crippen LogP contribution in [0.5, 0.6) is 5.75 Å². The van der Waals surface area contributed by atoms with Crippen LogP contribution in [-0.2, 0) is 0 Å². The lowest BCUT2D eigenvalue weighted by molar-refractivity contribution is 0.351. The Kier molecular flexibility index (Phi) is 4.01. The summed E-state index contributed by atoms with van der Waals surface area (Å²) in [4.78, 5) is 11.4. The molecule has 0 unspecified atom stereocenters. The number of para-hydroxylation sites is 1.